The van der Waals surface area contributed by atoms with Crippen LogP contribution in [0.1, 0.15) is 36.5 Å². The molecule has 1 aromatic carbocycles. The summed E-state index contributed by atoms with van der Waals surface area (Å²) in [5.41, 5.74) is 9.48. The van der Waals surface area contributed by atoms with Crippen LogP contribution in [0.4, 0.5) is 0 Å². The molecule has 0 aliphatic rings. The summed E-state index contributed by atoms with van der Waals surface area (Å²) in [4.78, 5) is 11.4. The lowest BCUT2D eigenvalue weighted by atomic mass is 9.94. The number of likely N-dealkylation sites (N-methyl/N-ethyl adjacent to an activating group) is 1. The Kier molecular flexibility index (Phi) is 4.70. The van der Waals surface area contributed by atoms with Crippen LogP contribution in [0.2, 0.25) is 0 Å². The Morgan fingerprint density at radius 1 is 1.41 bits per heavy atom. The maximum atomic E-state index is 11.4. The SMILES string of the molecule is CNC(=O)C(N)Cc1cc(C(C)C)ccc1C. The van der Waals surface area contributed by atoms with Gasteiger partial charge in [0.1, 0.15) is 0 Å². The molecule has 1 rings (SSSR count). The fourth-order valence-corrected chi connectivity index (χ4v) is 1.79. The number of benzene rings is 1. The number of aryl methyl sites for hydroxylation is 1. The highest BCUT2D eigenvalue weighted by atomic mass is 16.2. The van der Waals surface area contributed by atoms with Gasteiger partial charge in [-0.1, -0.05) is 32.0 Å². The number of amides is 1. The lowest BCUT2D eigenvalue weighted by Crippen LogP contribution is -2.40. The average Bonchev–Trinajstić information content (AvgIpc) is 2.30. The van der Waals surface area contributed by atoms with Gasteiger partial charge in [0.25, 0.3) is 0 Å². The second-order valence-corrected chi connectivity index (χ2v) is 4.77. The number of carbonyl (C=O) groups is 1. The summed E-state index contributed by atoms with van der Waals surface area (Å²) in [7, 11) is 1.61. The normalized spacial score (nSPS) is 12.6. The smallest absolute Gasteiger partial charge is 0.237 e. The van der Waals surface area contributed by atoms with Gasteiger partial charge in [-0.3, -0.25) is 4.79 Å². The molecule has 0 spiro atoms. The molecule has 0 aromatic heterocycles. The molecule has 17 heavy (non-hydrogen) atoms. The molecule has 0 aliphatic heterocycles. The highest BCUT2D eigenvalue weighted by Gasteiger charge is 2.14. The number of nitrogens with two attached hydrogens (primary N) is 1. The molecule has 3 nitrogen and oxygen atoms in total. The van der Waals surface area contributed by atoms with Crippen LogP contribution in [-0.2, 0) is 11.2 Å². The zero-order valence-electron chi connectivity index (χ0n) is 11.1. The van der Waals surface area contributed by atoms with Crippen LogP contribution >= 0.6 is 0 Å². The summed E-state index contributed by atoms with van der Waals surface area (Å²) in [6.07, 6.45) is 0.589. The van der Waals surface area contributed by atoms with E-state index >= 15 is 0 Å². The van der Waals surface area contributed by atoms with E-state index < -0.39 is 6.04 Å². The Morgan fingerprint density at radius 2 is 2.06 bits per heavy atom. The van der Waals surface area contributed by atoms with Crippen LogP contribution in [0, 0.1) is 6.92 Å². The quantitative estimate of drug-likeness (QED) is 0.833. The summed E-state index contributed by atoms with van der Waals surface area (Å²) >= 11 is 0. The second kappa shape index (κ2) is 5.82. The average molecular weight is 234 g/mol. The third-order valence-electron chi connectivity index (χ3n) is 3.06. The van der Waals surface area contributed by atoms with E-state index in [2.05, 4.69) is 44.3 Å². The summed E-state index contributed by atoms with van der Waals surface area (Å²) in [6.45, 7) is 6.37. The molecule has 94 valence electrons. The molecule has 3 N–H and O–H groups in total. The Hall–Kier alpha value is -1.35. The van der Waals surface area contributed by atoms with Crippen LogP contribution in [0.3, 0.4) is 0 Å². The van der Waals surface area contributed by atoms with E-state index in [0.717, 1.165) is 5.56 Å². The second-order valence-electron chi connectivity index (χ2n) is 4.77. The number of carbonyl (C=O) groups excluding carboxylic acids is 1. The van der Waals surface area contributed by atoms with E-state index in [1.165, 1.54) is 11.1 Å². The van der Waals surface area contributed by atoms with Crippen molar-refractivity contribution in [3.63, 3.8) is 0 Å². The van der Waals surface area contributed by atoms with Crippen LogP contribution in [0.25, 0.3) is 0 Å². The highest BCUT2D eigenvalue weighted by molar-refractivity contribution is 5.81. The van der Waals surface area contributed by atoms with E-state index in [-0.39, 0.29) is 5.91 Å². The fourth-order valence-electron chi connectivity index (χ4n) is 1.79. The number of hydrogen-bond donors (Lipinski definition) is 2. The van der Waals surface area contributed by atoms with E-state index in [0.29, 0.717) is 12.3 Å². The van der Waals surface area contributed by atoms with Gasteiger partial charge in [-0.05, 0) is 36.0 Å². The molecular weight excluding hydrogens is 212 g/mol. The van der Waals surface area contributed by atoms with Crippen molar-refractivity contribution in [3.8, 4) is 0 Å². The zero-order chi connectivity index (χ0) is 13.0. The third-order valence-corrected chi connectivity index (χ3v) is 3.06. The van der Waals surface area contributed by atoms with Gasteiger partial charge in [0, 0.05) is 7.05 Å². The minimum absolute atomic E-state index is 0.112. The molecule has 1 atom stereocenters. The number of hydrogen-bond acceptors (Lipinski definition) is 2. The van der Waals surface area contributed by atoms with Gasteiger partial charge in [0.05, 0.1) is 6.04 Å². The molecule has 0 radical (unpaired) electrons. The Bertz CT molecular complexity index is 399. The highest BCUT2D eigenvalue weighted by Crippen LogP contribution is 2.19. The van der Waals surface area contributed by atoms with Crippen molar-refractivity contribution in [2.45, 2.75) is 39.2 Å². The minimum atomic E-state index is -0.471. The number of rotatable bonds is 4. The van der Waals surface area contributed by atoms with Crippen molar-refractivity contribution in [2.24, 2.45) is 5.73 Å². The molecule has 0 bridgehead atoms. The number of nitrogens with one attached hydrogen (secondary N) is 1. The first-order valence-electron chi connectivity index (χ1n) is 6.02. The molecular formula is C14H22N2O. The van der Waals surface area contributed by atoms with E-state index in [9.17, 15) is 4.79 Å². The van der Waals surface area contributed by atoms with Crippen molar-refractivity contribution < 1.29 is 4.79 Å². The Labute approximate surface area is 103 Å². The first-order valence-corrected chi connectivity index (χ1v) is 6.02. The molecule has 0 saturated carbocycles. The van der Waals surface area contributed by atoms with Crippen LogP contribution in [0.5, 0.6) is 0 Å². The standard InChI is InChI=1S/C14H22N2O/c1-9(2)11-6-5-10(3)12(7-11)8-13(15)14(17)16-4/h5-7,9,13H,8,15H2,1-4H3,(H,16,17). The fraction of sp³-hybridized carbons (Fsp3) is 0.500. The first kappa shape index (κ1) is 13.7. The molecule has 0 aliphatic carbocycles. The lowest BCUT2D eigenvalue weighted by molar-refractivity contribution is -0.121. The monoisotopic (exact) mass is 234 g/mol. The summed E-state index contributed by atoms with van der Waals surface area (Å²) < 4.78 is 0. The van der Waals surface area contributed by atoms with Gasteiger partial charge in [-0.25, -0.2) is 0 Å². The predicted octanol–water partition coefficient (Wildman–Crippen LogP) is 1.73. The van der Waals surface area contributed by atoms with Gasteiger partial charge in [0.15, 0.2) is 0 Å². The first-order chi connectivity index (χ1) is 7.95. The van der Waals surface area contributed by atoms with Crippen LogP contribution in [0.15, 0.2) is 18.2 Å². The summed E-state index contributed by atoms with van der Waals surface area (Å²) in [5.74, 6) is 0.380. The molecule has 1 aromatic rings. The lowest BCUT2D eigenvalue weighted by Gasteiger charge is -2.14. The molecule has 0 heterocycles. The van der Waals surface area contributed by atoms with E-state index in [1.54, 1.807) is 7.05 Å². The van der Waals surface area contributed by atoms with Gasteiger partial charge >= 0.3 is 0 Å². The van der Waals surface area contributed by atoms with Crippen molar-refractivity contribution in [2.75, 3.05) is 7.05 Å². The molecule has 0 saturated heterocycles. The predicted molar refractivity (Wildman–Crippen MR) is 71.0 cm³/mol. The van der Waals surface area contributed by atoms with Gasteiger partial charge < -0.3 is 11.1 Å². The van der Waals surface area contributed by atoms with Crippen LogP contribution < -0.4 is 11.1 Å². The van der Waals surface area contributed by atoms with Crippen molar-refractivity contribution >= 4 is 5.91 Å². The summed E-state index contributed by atoms with van der Waals surface area (Å²) in [6, 6.07) is 5.92. The maximum Gasteiger partial charge on any atom is 0.237 e. The van der Waals surface area contributed by atoms with Gasteiger partial charge in [0.2, 0.25) is 5.91 Å². The largest absolute Gasteiger partial charge is 0.358 e. The molecule has 3 heteroatoms. The van der Waals surface area contributed by atoms with Crippen molar-refractivity contribution in [1.29, 1.82) is 0 Å². The van der Waals surface area contributed by atoms with E-state index in [1.807, 2.05) is 0 Å². The van der Waals surface area contributed by atoms with Crippen LogP contribution in [-0.4, -0.2) is 19.0 Å². The van der Waals surface area contributed by atoms with Gasteiger partial charge in [-0.15, -0.1) is 0 Å². The Balaban J connectivity index is 2.89. The third kappa shape index (κ3) is 3.56. The topological polar surface area (TPSA) is 55.1 Å². The van der Waals surface area contributed by atoms with Crippen molar-refractivity contribution in [3.05, 3.63) is 34.9 Å². The summed E-state index contributed by atoms with van der Waals surface area (Å²) in [5, 5.41) is 2.58. The maximum absolute atomic E-state index is 11.4. The molecule has 1 amide bonds. The van der Waals surface area contributed by atoms with Gasteiger partial charge in [-0.2, -0.15) is 0 Å². The van der Waals surface area contributed by atoms with Crippen molar-refractivity contribution in [1.82, 2.24) is 5.32 Å². The molecule has 0 fully saturated rings. The zero-order valence-corrected chi connectivity index (χ0v) is 11.1. The molecule has 1 unspecified atom stereocenters. The minimum Gasteiger partial charge on any atom is -0.358 e. The Morgan fingerprint density at radius 3 is 2.59 bits per heavy atom. The van der Waals surface area contributed by atoms with E-state index in [4.69, 9.17) is 5.73 Å².